The minimum Gasteiger partial charge on any atom is -0.481 e. The first kappa shape index (κ1) is 14.8. The number of aliphatic carboxylic acids is 1. The number of aromatic nitrogens is 1. The van der Waals surface area contributed by atoms with Gasteiger partial charge in [-0.2, -0.15) is 0 Å². The van der Waals surface area contributed by atoms with Gasteiger partial charge in [-0.3, -0.25) is 4.79 Å². The predicted octanol–water partition coefficient (Wildman–Crippen LogP) is 1.79. The Morgan fingerprint density at radius 1 is 1.55 bits per heavy atom. The van der Waals surface area contributed by atoms with Crippen molar-refractivity contribution in [1.29, 1.82) is 0 Å². The average Bonchev–Trinajstić information content (AvgIpc) is 3.06. The zero-order chi connectivity index (χ0) is 14.5. The van der Waals surface area contributed by atoms with Gasteiger partial charge in [0.25, 0.3) is 0 Å². The first-order valence-electron chi connectivity index (χ1n) is 6.66. The first-order valence-corrected chi connectivity index (χ1v) is 7.61. The second-order valence-electron chi connectivity index (χ2n) is 5.16. The molecule has 7 heteroatoms. The second kappa shape index (κ2) is 6.69. The lowest BCUT2D eigenvalue weighted by Gasteiger charge is -2.20. The molecule has 2 rings (SSSR count). The van der Waals surface area contributed by atoms with Crippen molar-refractivity contribution in [2.75, 3.05) is 13.6 Å². The molecule has 0 saturated heterocycles. The third kappa shape index (κ3) is 3.69. The van der Waals surface area contributed by atoms with Crippen molar-refractivity contribution in [3.05, 3.63) is 16.6 Å². The zero-order valence-corrected chi connectivity index (χ0v) is 12.2. The monoisotopic (exact) mass is 297 g/mol. The van der Waals surface area contributed by atoms with E-state index >= 15 is 0 Å². The Bertz CT molecular complexity index is 463. The van der Waals surface area contributed by atoms with Gasteiger partial charge in [0, 0.05) is 19.0 Å². The standard InChI is InChI=1S/C13H19N3O3S/c1-16(6-10-7-20-8-15-10)13(19)14-5-9-3-2-4-11(9)12(17)18/h7-9,11H,2-6H2,1H3,(H,14,19)(H,17,18). The zero-order valence-electron chi connectivity index (χ0n) is 11.4. The summed E-state index contributed by atoms with van der Waals surface area (Å²) in [6, 6.07) is -0.186. The lowest BCUT2D eigenvalue weighted by Crippen LogP contribution is -2.40. The van der Waals surface area contributed by atoms with Gasteiger partial charge in [0.05, 0.1) is 23.7 Å². The Morgan fingerprint density at radius 2 is 2.35 bits per heavy atom. The van der Waals surface area contributed by atoms with Crippen molar-refractivity contribution in [3.8, 4) is 0 Å². The molecule has 2 amide bonds. The van der Waals surface area contributed by atoms with Crippen LogP contribution in [0.2, 0.25) is 0 Å². The summed E-state index contributed by atoms with van der Waals surface area (Å²) >= 11 is 1.50. The van der Waals surface area contributed by atoms with Crippen LogP contribution in [-0.2, 0) is 11.3 Å². The maximum atomic E-state index is 11.9. The van der Waals surface area contributed by atoms with Crippen molar-refractivity contribution >= 4 is 23.3 Å². The maximum Gasteiger partial charge on any atom is 0.317 e. The molecule has 1 heterocycles. The number of amides is 2. The van der Waals surface area contributed by atoms with Crippen molar-refractivity contribution < 1.29 is 14.7 Å². The van der Waals surface area contributed by atoms with Crippen molar-refractivity contribution in [3.63, 3.8) is 0 Å². The molecule has 1 saturated carbocycles. The van der Waals surface area contributed by atoms with E-state index in [1.165, 1.54) is 11.3 Å². The summed E-state index contributed by atoms with van der Waals surface area (Å²) in [6.45, 7) is 0.888. The number of nitrogens with one attached hydrogen (secondary N) is 1. The van der Waals surface area contributed by atoms with Crippen LogP contribution in [0.4, 0.5) is 4.79 Å². The normalized spacial score (nSPS) is 21.6. The highest BCUT2D eigenvalue weighted by molar-refractivity contribution is 7.07. The molecular formula is C13H19N3O3S. The Hall–Kier alpha value is -1.63. The van der Waals surface area contributed by atoms with Crippen molar-refractivity contribution in [2.24, 2.45) is 11.8 Å². The van der Waals surface area contributed by atoms with Crippen molar-refractivity contribution in [1.82, 2.24) is 15.2 Å². The third-order valence-corrected chi connectivity index (χ3v) is 4.36. The van der Waals surface area contributed by atoms with Gasteiger partial charge in [-0.15, -0.1) is 11.3 Å². The first-order chi connectivity index (χ1) is 9.58. The topological polar surface area (TPSA) is 82.5 Å². The molecule has 1 aromatic rings. The Labute approximate surface area is 121 Å². The number of urea groups is 1. The number of thiazole rings is 1. The van der Waals surface area contributed by atoms with E-state index in [2.05, 4.69) is 10.3 Å². The minimum absolute atomic E-state index is 0.0455. The fraction of sp³-hybridized carbons (Fsp3) is 0.615. The highest BCUT2D eigenvalue weighted by Gasteiger charge is 2.33. The largest absolute Gasteiger partial charge is 0.481 e. The van der Waals surface area contributed by atoms with Gasteiger partial charge in [0.15, 0.2) is 0 Å². The molecule has 2 unspecified atom stereocenters. The number of carbonyl (C=O) groups is 2. The van der Waals surface area contributed by atoms with Crippen LogP contribution < -0.4 is 5.32 Å². The Kier molecular flexibility index (Phi) is 4.94. The number of carboxylic acids is 1. The van der Waals surface area contributed by atoms with E-state index in [-0.39, 0.29) is 17.9 Å². The smallest absolute Gasteiger partial charge is 0.317 e. The Balaban J connectivity index is 1.78. The molecule has 1 fully saturated rings. The summed E-state index contributed by atoms with van der Waals surface area (Å²) in [5.41, 5.74) is 2.59. The lowest BCUT2D eigenvalue weighted by atomic mass is 9.96. The van der Waals surface area contributed by atoms with Gasteiger partial charge in [-0.25, -0.2) is 9.78 Å². The molecule has 2 atom stereocenters. The second-order valence-corrected chi connectivity index (χ2v) is 5.88. The van der Waals surface area contributed by atoms with Crippen molar-refractivity contribution in [2.45, 2.75) is 25.8 Å². The van der Waals surface area contributed by atoms with Gasteiger partial charge in [-0.1, -0.05) is 6.42 Å². The molecule has 0 spiro atoms. The van der Waals surface area contributed by atoms with E-state index in [9.17, 15) is 9.59 Å². The summed E-state index contributed by atoms with van der Waals surface area (Å²) in [5.74, 6) is -1.03. The number of hydrogen-bond acceptors (Lipinski definition) is 4. The quantitative estimate of drug-likeness (QED) is 0.868. The molecular weight excluding hydrogens is 278 g/mol. The number of hydrogen-bond donors (Lipinski definition) is 2. The molecule has 0 aliphatic heterocycles. The van der Waals surface area contributed by atoms with E-state index in [1.54, 1.807) is 17.5 Å². The van der Waals surface area contributed by atoms with E-state index < -0.39 is 5.97 Å². The summed E-state index contributed by atoms with van der Waals surface area (Å²) < 4.78 is 0. The van der Waals surface area contributed by atoms with Gasteiger partial charge >= 0.3 is 12.0 Å². The lowest BCUT2D eigenvalue weighted by molar-refractivity contribution is -0.142. The highest BCUT2D eigenvalue weighted by atomic mass is 32.1. The van der Waals surface area contributed by atoms with Crippen LogP contribution in [0.3, 0.4) is 0 Å². The molecule has 2 N–H and O–H groups in total. The molecule has 20 heavy (non-hydrogen) atoms. The van der Waals surface area contributed by atoms with Gasteiger partial charge in [-0.05, 0) is 18.8 Å². The number of carbonyl (C=O) groups excluding carboxylic acids is 1. The summed E-state index contributed by atoms with van der Waals surface area (Å²) in [7, 11) is 1.71. The molecule has 6 nitrogen and oxygen atoms in total. The fourth-order valence-corrected chi connectivity index (χ4v) is 3.14. The molecule has 1 aliphatic carbocycles. The molecule has 1 aromatic heterocycles. The number of rotatable bonds is 5. The summed E-state index contributed by atoms with van der Waals surface area (Å²) in [6.07, 6.45) is 2.50. The third-order valence-electron chi connectivity index (χ3n) is 3.72. The maximum absolute atomic E-state index is 11.9. The average molecular weight is 297 g/mol. The van der Waals surface area contributed by atoms with Gasteiger partial charge in [0.1, 0.15) is 0 Å². The van der Waals surface area contributed by atoms with E-state index in [0.29, 0.717) is 19.5 Å². The van der Waals surface area contributed by atoms with Crippen LogP contribution in [0.15, 0.2) is 10.9 Å². The van der Waals surface area contributed by atoms with Gasteiger partial charge < -0.3 is 15.3 Å². The summed E-state index contributed by atoms with van der Waals surface area (Å²) in [4.78, 5) is 28.7. The highest BCUT2D eigenvalue weighted by Crippen LogP contribution is 2.31. The van der Waals surface area contributed by atoms with Crippen LogP contribution in [-0.4, -0.2) is 40.6 Å². The van der Waals surface area contributed by atoms with Crippen LogP contribution in [0.5, 0.6) is 0 Å². The molecule has 0 bridgehead atoms. The fourth-order valence-electron chi connectivity index (χ4n) is 2.59. The van der Waals surface area contributed by atoms with Crippen LogP contribution in [0, 0.1) is 11.8 Å². The summed E-state index contributed by atoms with van der Waals surface area (Å²) in [5, 5.41) is 13.8. The van der Waals surface area contributed by atoms with Gasteiger partial charge in [0.2, 0.25) is 0 Å². The number of carboxylic acid groups (broad SMARTS) is 1. The van der Waals surface area contributed by atoms with E-state index in [1.807, 2.05) is 5.38 Å². The molecule has 110 valence electrons. The van der Waals surface area contributed by atoms with E-state index in [0.717, 1.165) is 18.5 Å². The minimum atomic E-state index is -0.752. The van der Waals surface area contributed by atoms with E-state index in [4.69, 9.17) is 5.11 Å². The van der Waals surface area contributed by atoms with Crippen LogP contribution in [0.1, 0.15) is 25.0 Å². The number of nitrogens with zero attached hydrogens (tertiary/aromatic N) is 2. The molecule has 1 aliphatic rings. The predicted molar refractivity (Wildman–Crippen MR) is 75.4 cm³/mol. The molecule has 0 radical (unpaired) electrons. The Morgan fingerprint density at radius 3 is 3.00 bits per heavy atom. The molecule has 0 aromatic carbocycles. The van der Waals surface area contributed by atoms with Crippen LogP contribution in [0.25, 0.3) is 0 Å². The van der Waals surface area contributed by atoms with Crippen LogP contribution >= 0.6 is 11.3 Å². The SMILES string of the molecule is CN(Cc1cscn1)C(=O)NCC1CCCC1C(=O)O.